The van der Waals surface area contributed by atoms with Crippen molar-refractivity contribution >= 4 is 5.91 Å². The van der Waals surface area contributed by atoms with E-state index in [9.17, 15) is 4.79 Å². The lowest BCUT2D eigenvalue weighted by Gasteiger charge is -2.37. The summed E-state index contributed by atoms with van der Waals surface area (Å²) >= 11 is 0. The van der Waals surface area contributed by atoms with E-state index < -0.39 is 0 Å². The zero-order valence-corrected chi connectivity index (χ0v) is 13.8. The van der Waals surface area contributed by atoms with Gasteiger partial charge in [0.15, 0.2) is 0 Å². The first-order valence-corrected chi connectivity index (χ1v) is 8.06. The summed E-state index contributed by atoms with van der Waals surface area (Å²) in [7, 11) is 0. The number of aromatic nitrogens is 1. The molecule has 1 aliphatic heterocycles. The molecule has 0 radical (unpaired) electrons. The van der Waals surface area contributed by atoms with Crippen molar-refractivity contribution in [1.82, 2.24) is 9.88 Å². The van der Waals surface area contributed by atoms with Gasteiger partial charge in [-0.15, -0.1) is 0 Å². The zero-order chi connectivity index (χ0) is 15.5. The van der Waals surface area contributed by atoms with Gasteiger partial charge in [0.1, 0.15) is 0 Å². The van der Waals surface area contributed by atoms with E-state index in [0.717, 1.165) is 37.8 Å². The number of rotatable bonds is 3. The molecule has 1 amide bonds. The van der Waals surface area contributed by atoms with Crippen LogP contribution in [0.3, 0.4) is 0 Å². The van der Waals surface area contributed by atoms with Crippen molar-refractivity contribution in [2.75, 3.05) is 13.1 Å². The van der Waals surface area contributed by atoms with Gasteiger partial charge in [0.25, 0.3) is 5.91 Å². The molecule has 1 aromatic rings. The number of pyridine rings is 1. The van der Waals surface area contributed by atoms with Gasteiger partial charge in [0, 0.05) is 25.5 Å². The van der Waals surface area contributed by atoms with Crippen LogP contribution in [0.1, 0.15) is 57.3 Å². The highest BCUT2D eigenvalue weighted by Crippen LogP contribution is 2.33. The third-order valence-electron chi connectivity index (χ3n) is 4.47. The molecule has 0 aromatic carbocycles. The Morgan fingerprint density at radius 2 is 2.05 bits per heavy atom. The summed E-state index contributed by atoms with van der Waals surface area (Å²) < 4.78 is 0. The first-order chi connectivity index (χ1) is 9.87. The molecule has 1 saturated heterocycles. The second kappa shape index (κ2) is 6.59. The van der Waals surface area contributed by atoms with Crippen LogP contribution < -0.4 is 0 Å². The number of hydrogen-bond acceptors (Lipinski definition) is 2. The number of nitrogens with zero attached hydrogens (tertiary/aromatic N) is 2. The van der Waals surface area contributed by atoms with Crippen LogP contribution in [0.25, 0.3) is 0 Å². The predicted octanol–water partition coefficient (Wildman–Crippen LogP) is 4.01. The molecule has 1 aromatic heterocycles. The molecular formula is C18H28N2O. The zero-order valence-electron chi connectivity index (χ0n) is 13.8. The molecule has 0 spiro atoms. The summed E-state index contributed by atoms with van der Waals surface area (Å²) in [6.07, 6.45) is 6.88. The molecular weight excluding hydrogens is 260 g/mol. The van der Waals surface area contributed by atoms with E-state index in [4.69, 9.17) is 0 Å². The fourth-order valence-corrected chi connectivity index (χ4v) is 3.48. The maximum absolute atomic E-state index is 12.4. The number of piperidine rings is 1. The Morgan fingerprint density at radius 3 is 2.57 bits per heavy atom. The molecule has 116 valence electrons. The summed E-state index contributed by atoms with van der Waals surface area (Å²) in [5.41, 5.74) is 1.10. The first kappa shape index (κ1) is 16.0. The van der Waals surface area contributed by atoms with Gasteiger partial charge in [-0.05, 0) is 48.6 Å². The topological polar surface area (TPSA) is 33.2 Å². The summed E-state index contributed by atoms with van der Waals surface area (Å²) in [5, 5.41) is 0. The van der Waals surface area contributed by atoms with Gasteiger partial charge in [-0.1, -0.05) is 27.7 Å². The van der Waals surface area contributed by atoms with E-state index >= 15 is 0 Å². The standard InChI is InChI=1S/C18H28N2O/c1-14(12-18(2,3)4)15-7-10-20(11-8-15)17(21)16-6-5-9-19-13-16/h5-6,9,13-15H,7-8,10-12H2,1-4H3. The molecule has 1 atom stereocenters. The molecule has 3 nitrogen and oxygen atoms in total. The van der Waals surface area contributed by atoms with Crippen LogP contribution in [0.2, 0.25) is 0 Å². The Kier molecular flexibility index (Phi) is 5.02. The molecule has 21 heavy (non-hydrogen) atoms. The molecule has 0 N–H and O–H groups in total. The predicted molar refractivity (Wildman–Crippen MR) is 86.1 cm³/mol. The smallest absolute Gasteiger partial charge is 0.255 e. The molecule has 0 saturated carbocycles. The Morgan fingerprint density at radius 1 is 1.38 bits per heavy atom. The second-order valence-corrected chi connectivity index (χ2v) is 7.61. The van der Waals surface area contributed by atoms with Crippen LogP contribution in [-0.4, -0.2) is 28.9 Å². The van der Waals surface area contributed by atoms with Gasteiger partial charge in [0.2, 0.25) is 0 Å². The SMILES string of the molecule is CC(CC(C)(C)C)C1CCN(C(=O)c2cccnc2)CC1. The van der Waals surface area contributed by atoms with Crippen LogP contribution in [-0.2, 0) is 0 Å². The third-order valence-corrected chi connectivity index (χ3v) is 4.47. The first-order valence-electron chi connectivity index (χ1n) is 8.06. The van der Waals surface area contributed by atoms with Gasteiger partial charge in [0.05, 0.1) is 5.56 Å². The summed E-state index contributed by atoms with van der Waals surface area (Å²) in [4.78, 5) is 18.4. The van der Waals surface area contributed by atoms with Crippen molar-refractivity contribution in [3.8, 4) is 0 Å². The lowest BCUT2D eigenvalue weighted by Crippen LogP contribution is -2.40. The van der Waals surface area contributed by atoms with Gasteiger partial charge >= 0.3 is 0 Å². The lowest BCUT2D eigenvalue weighted by atomic mass is 9.76. The van der Waals surface area contributed by atoms with Crippen LogP contribution in [0.15, 0.2) is 24.5 Å². The minimum Gasteiger partial charge on any atom is -0.339 e. The summed E-state index contributed by atoms with van der Waals surface area (Å²) in [5.74, 6) is 1.62. The molecule has 0 bridgehead atoms. The van der Waals surface area contributed by atoms with E-state index in [-0.39, 0.29) is 5.91 Å². The summed E-state index contributed by atoms with van der Waals surface area (Å²) in [6.45, 7) is 11.1. The largest absolute Gasteiger partial charge is 0.339 e. The van der Waals surface area contributed by atoms with Crippen LogP contribution in [0.5, 0.6) is 0 Å². The monoisotopic (exact) mass is 288 g/mol. The van der Waals surface area contributed by atoms with E-state index in [1.54, 1.807) is 12.4 Å². The fraction of sp³-hybridized carbons (Fsp3) is 0.667. The Labute approximate surface area is 128 Å². The molecule has 2 rings (SSSR count). The lowest BCUT2D eigenvalue weighted by molar-refractivity contribution is 0.0644. The normalized spacial score (nSPS) is 18.6. The second-order valence-electron chi connectivity index (χ2n) is 7.61. The average molecular weight is 288 g/mol. The number of likely N-dealkylation sites (tertiary alicyclic amines) is 1. The van der Waals surface area contributed by atoms with Crippen molar-refractivity contribution in [2.24, 2.45) is 17.3 Å². The quantitative estimate of drug-likeness (QED) is 0.842. The van der Waals surface area contributed by atoms with E-state index in [1.807, 2.05) is 17.0 Å². The number of carbonyl (C=O) groups excluding carboxylic acids is 1. The number of carbonyl (C=O) groups is 1. The van der Waals surface area contributed by atoms with Gasteiger partial charge in [-0.3, -0.25) is 9.78 Å². The molecule has 0 aliphatic carbocycles. The minimum absolute atomic E-state index is 0.130. The minimum atomic E-state index is 0.130. The number of hydrogen-bond donors (Lipinski definition) is 0. The van der Waals surface area contributed by atoms with Crippen molar-refractivity contribution in [2.45, 2.75) is 47.0 Å². The molecule has 1 fully saturated rings. The van der Waals surface area contributed by atoms with Crippen molar-refractivity contribution < 1.29 is 4.79 Å². The average Bonchev–Trinajstić information content (AvgIpc) is 2.46. The highest BCUT2D eigenvalue weighted by Gasteiger charge is 2.28. The van der Waals surface area contributed by atoms with Crippen molar-refractivity contribution in [3.63, 3.8) is 0 Å². The molecule has 2 heterocycles. The van der Waals surface area contributed by atoms with E-state index in [2.05, 4.69) is 32.7 Å². The van der Waals surface area contributed by atoms with Crippen LogP contribution in [0.4, 0.5) is 0 Å². The molecule has 3 heteroatoms. The highest BCUT2D eigenvalue weighted by molar-refractivity contribution is 5.93. The third kappa shape index (κ3) is 4.55. The maximum Gasteiger partial charge on any atom is 0.255 e. The van der Waals surface area contributed by atoms with Crippen LogP contribution >= 0.6 is 0 Å². The Balaban J connectivity index is 1.87. The maximum atomic E-state index is 12.4. The Hall–Kier alpha value is -1.38. The molecule has 1 aliphatic rings. The fourth-order valence-electron chi connectivity index (χ4n) is 3.48. The number of amides is 1. The van der Waals surface area contributed by atoms with Gasteiger partial charge < -0.3 is 4.90 Å². The molecule has 1 unspecified atom stereocenters. The van der Waals surface area contributed by atoms with Crippen molar-refractivity contribution in [3.05, 3.63) is 30.1 Å². The highest BCUT2D eigenvalue weighted by atomic mass is 16.2. The van der Waals surface area contributed by atoms with Crippen LogP contribution in [0, 0.1) is 17.3 Å². The Bertz CT molecular complexity index is 456. The van der Waals surface area contributed by atoms with E-state index in [1.165, 1.54) is 6.42 Å². The van der Waals surface area contributed by atoms with Gasteiger partial charge in [-0.2, -0.15) is 0 Å². The van der Waals surface area contributed by atoms with Gasteiger partial charge in [-0.25, -0.2) is 0 Å². The summed E-state index contributed by atoms with van der Waals surface area (Å²) in [6, 6.07) is 3.68. The van der Waals surface area contributed by atoms with Crippen molar-refractivity contribution in [1.29, 1.82) is 0 Å². The van der Waals surface area contributed by atoms with E-state index in [0.29, 0.717) is 11.0 Å².